The van der Waals surface area contributed by atoms with Gasteiger partial charge in [0.1, 0.15) is 0 Å². The second-order valence-corrected chi connectivity index (χ2v) is 3.56. The van der Waals surface area contributed by atoms with E-state index in [1.165, 1.54) is 19.4 Å². The number of nitrogens with one attached hydrogen (secondary N) is 1. The van der Waals surface area contributed by atoms with Crippen molar-refractivity contribution in [3.8, 4) is 0 Å². The zero-order chi connectivity index (χ0) is 12.7. The van der Waals surface area contributed by atoms with E-state index in [-0.39, 0.29) is 0 Å². The highest BCUT2D eigenvalue weighted by Crippen LogP contribution is 2.01. The second-order valence-electron chi connectivity index (χ2n) is 3.56. The van der Waals surface area contributed by atoms with Crippen molar-refractivity contribution in [1.29, 1.82) is 0 Å². The van der Waals surface area contributed by atoms with Gasteiger partial charge < -0.3 is 25.7 Å². The Morgan fingerprint density at radius 3 is 1.75 bits per heavy atom. The van der Waals surface area contributed by atoms with Crippen LogP contribution in [0, 0.1) is 0 Å². The molecule has 1 fully saturated rings. The molecule has 0 radical (unpaired) electrons. The molecule has 0 amide bonds. The molecule has 1 unspecified atom stereocenters. The quantitative estimate of drug-likeness (QED) is 0.408. The molecule has 1 saturated heterocycles. The molecule has 1 rings (SSSR count). The SMILES string of the molecule is CC1CCCN1.O=C(O)[C@H](O)[C@@H](O)C(=O)O. The van der Waals surface area contributed by atoms with Crippen LogP contribution < -0.4 is 5.32 Å². The molecule has 0 aliphatic carbocycles. The van der Waals surface area contributed by atoms with Crippen molar-refractivity contribution in [1.82, 2.24) is 5.32 Å². The number of aliphatic hydroxyl groups is 2. The number of hydrogen-bond acceptors (Lipinski definition) is 5. The van der Waals surface area contributed by atoms with E-state index in [0.29, 0.717) is 0 Å². The largest absolute Gasteiger partial charge is 0.479 e. The summed E-state index contributed by atoms with van der Waals surface area (Å²) in [5.74, 6) is -3.54. The molecule has 7 nitrogen and oxygen atoms in total. The summed E-state index contributed by atoms with van der Waals surface area (Å²) >= 11 is 0. The molecule has 0 bridgehead atoms. The van der Waals surface area contributed by atoms with Gasteiger partial charge in [0.2, 0.25) is 0 Å². The summed E-state index contributed by atoms with van der Waals surface area (Å²) < 4.78 is 0. The van der Waals surface area contributed by atoms with Gasteiger partial charge in [-0.15, -0.1) is 0 Å². The number of rotatable bonds is 3. The maximum absolute atomic E-state index is 9.77. The predicted molar refractivity (Wildman–Crippen MR) is 54.0 cm³/mol. The standard InChI is InChI=1S/C5H11N.C4H6O6/c1-5-3-2-4-6-5;5-1(3(7)8)2(6)4(9)10/h5-6H,2-4H2,1H3;1-2,5-6H,(H,7,8)(H,9,10)/t;1-,2-/m.1/s1. The summed E-state index contributed by atoms with van der Waals surface area (Å²) in [5.41, 5.74) is 0. The molecule has 94 valence electrons. The van der Waals surface area contributed by atoms with Crippen LogP contribution in [-0.2, 0) is 9.59 Å². The predicted octanol–water partition coefficient (Wildman–Crippen LogP) is -1.36. The van der Waals surface area contributed by atoms with Crippen LogP contribution in [0.3, 0.4) is 0 Å². The molecule has 1 aliphatic heterocycles. The maximum atomic E-state index is 9.77. The Balaban J connectivity index is 0.000000315. The van der Waals surface area contributed by atoms with Crippen molar-refractivity contribution < 1.29 is 30.0 Å². The third kappa shape index (κ3) is 5.64. The summed E-state index contributed by atoms with van der Waals surface area (Å²) in [6.07, 6.45) is -1.78. The molecule has 3 atom stereocenters. The second kappa shape index (κ2) is 7.15. The molecule has 0 aromatic heterocycles. The fraction of sp³-hybridized carbons (Fsp3) is 0.778. The van der Waals surface area contributed by atoms with Crippen molar-refractivity contribution in [3.63, 3.8) is 0 Å². The van der Waals surface area contributed by atoms with Gasteiger partial charge in [-0.25, -0.2) is 9.59 Å². The normalized spacial score (nSPS) is 22.8. The highest BCUT2D eigenvalue weighted by Gasteiger charge is 2.29. The number of aliphatic hydroxyl groups excluding tert-OH is 2. The summed E-state index contributed by atoms with van der Waals surface area (Å²) in [7, 11) is 0. The van der Waals surface area contributed by atoms with E-state index >= 15 is 0 Å². The number of aliphatic carboxylic acids is 2. The summed E-state index contributed by atoms with van der Waals surface area (Å²) in [4.78, 5) is 19.5. The molecule has 7 heteroatoms. The first-order valence-electron chi connectivity index (χ1n) is 4.91. The molecular weight excluding hydrogens is 218 g/mol. The van der Waals surface area contributed by atoms with Gasteiger partial charge in [-0.05, 0) is 26.3 Å². The lowest BCUT2D eigenvalue weighted by atomic mass is 10.2. The van der Waals surface area contributed by atoms with Crippen LogP contribution in [0.1, 0.15) is 19.8 Å². The van der Waals surface area contributed by atoms with E-state index in [1.54, 1.807) is 0 Å². The Labute approximate surface area is 92.7 Å². The van der Waals surface area contributed by atoms with Gasteiger partial charge >= 0.3 is 11.9 Å². The molecule has 5 N–H and O–H groups in total. The van der Waals surface area contributed by atoms with Crippen molar-refractivity contribution >= 4 is 11.9 Å². The lowest BCUT2D eigenvalue weighted by Crippen LogP contribution is -2.39. The number of hydrogen-bond donors (Lipinski definition) is 5. The molecule has 1 heterocycles. The van der Waals surface area contributed by atoms with Crippen LogP contribution in [0.25, 0.3) is 0 Å². The maximum Gasteiger partial charge on any atom is 0.335 e. The Morgan fingerprint density at radius 1 is 1.19 bits per heavy atom. The Hall–Kier alpha value is -1.18. The van der Waals surface area contributed by atoms with E-state index in [4.69, 9.17) is 20.4 Å². The minimum Gasteiger partial charge on any atom is -0.479 e. The molecule has 0 aromatic carbocycles. The first-order valence-corrected chi connectivity index (χ1v) is 4.91. The highest BCUT2D eigenvalue weighted by atomic mass is 16.4. The number of carbonyl (C=O) groups is 2. The van der Waals surface area contributed by atoms with Crippen molar-refractivity contribution in [2.75, 3.05) is 6.54 Å². The summed E-state index contributed by atoms with van der Waals surface area (Å²) in [5, 5.41) is 35.8. The van der Waals surface area contributed by atoms with Crippen LogP contribution in [0.5, 0.6) is 0 Å². The van der Waals surface area contributed by atoms with Crippen molar-refractivity contribution in [2.24, 2.45) is 0 Å². The number of carboxylic acids is 2. The molecular formula is C9H17NO6. The first-order chi connectivity index (χ1) is 7.36. The van der Waals surface area contributed by atoms with Crippen LogP contribution in [-0.4, -0.2) is 57.2 Å². The minimum absolute atomic E-state index is 0.796. The van der Waals surface area contributed by atoms with Gasteiger partial charge in [0.15, 0.2) is 12.2 Å². The molecule has 0 spiro atoms. The van der Waals surface area contributed by atoms with E-state index < -0.39 is 24.1 Å². The van der Waals surface area contributed by atoms with E-state index in [1.807, 2.05) is 0 Å². The third-order valence-electron chi connectivity index (χ3n) is 2.11. The van der Waals surface area contributed by atoms with Crippen LogP contribution >= 0.6 is 0 Å². The zero-order valence-electron chi connectivity index (χ0n) is 8.96. The van der Waals surface area contributed by atoms with Crippen LogP contribution in [0.4, 0.5) is 0 Å². The van der Waals surface area contributed by atoms with E-state index in [0.717, 1.165) is 6.04 Å². The lowest BCUT2D eigenvalue weighted by Gasteiger charge is -2.07. The average molecular weight is 235 g/mol. The van der Waals surface area contributed by atoms with Gasteiger partial charge in [-0.2, -0.15) is 0 Å². The van der Waals surface area contributed by atoms with Crippen molar-refractivity contribution in [3.05, 3.63) is 0 Å². The monoisotopic (exact) mass is 235 g/mol. The summed E-state index contributed by atoms with van der Waals surface area (Å²) in [6.45, 7) is 3.47. The Morgan fingerprint density at radius 2 is 1.62 bits per heavy atom. The van der Waals surface area contributed by atoms with Crippen LogP contribution in [0.15, 0.2) is 0 Å². The van der Waals surface area contributed by atoms with Gasteiger partial charge in [0, 0.05) is 6.04 Å². The molecule has 0 saturated carbocycles. The average Bonchev–Trinajstić information content (AvgIpc) is 2.67. The zero-order valence-corrected chi connectivity index (χ0v) is 8.96. The van der Waals surface area contributed by atoms with Gasteiger partial charge in [-0.3, -0.25) is 0 Å². The van der Waals surface area contributed by atoms with Crippen LogP contribution in [0.2, 0.25) is 0 Å². The number of carboxylic acid groups (broad SMARTS) is 2. The lowest BCUT2D eigenvalue weighted by molar-refractivity contribution is -0.165. The van der Waals surface area contributed by atoms with Gasteiger partial charge in [-0.1, -0.05) is 0 Å². The fourth-order valence-electron chi connectivity index (χ4n) is 1.13. The highest BCUT2D eigenvalue weighted by molar-refractivity contribution is 5.83. The smallest absolute Gasteiger partial charge is 0.335 e. The molecule has 1 aliphatic rings. The molecule has 16 heavy (non-hydrogen) atoms. The molecule has 0 aromatic rings. The Kier molecular flexibility index (Phi) is 6.63. The van der Waals surface area contributed by atoms with Crippen molar-refractivity contribution in [2.45, 2.75) is 38.0 Å². The minimum atomic E-state index is -2.27. The Bertz CT molecular complexity index is 220. The van der Waals surface area contributed by atoms with E-state index in [2.05, 4.69) is 12.2 Å². The van der Waals surface area contributed by atoms with E-state index in [9.17, 15) is 9.59 Å². The van der Waals surface area contributed by atoms with Gasteiger partial charge in [0.05, 0.1) is 0 Å². The first kappa shape index (κ1) is 14.8. The summed E-state index contributed by atoms with van der Waals surface area (Å²) in [6, 6.07) is 0.796. The van der Waals surface area contributed by atoms with Gasteiger partial charge in [0.25, 0.3) is 0 Å². The third-order valence-corrected chi connectivity index (χ3v) is 2.11. The topological polar surface area (TPSA) is 127 Å². The fourth-order valence-corrected chi connectivity index (χ4v) is 1.13.